The van der Waals surface area contributed by atoms with Crippen molar-refractivity contribution in [1.29, 1.82) is 5.26 Å². The topological polar surface area (TPSA) is 97.4 Å². The van der Waals surface area contributed by atoms with Crippen molar-refractivity contribution in [3.63, 3.8) is 0 Å². The Kier molecular flexibility index (Phi) is 8.44. The molecule has 1 heterocycles. The molecular formula is C24H23ClN4O4. The molecule has 0 radical (unpaired) electrons. The third kappa shape index (κ3) is 6.57. The van der Waals surface area contributed by atoms with Crippen LogP contribution in [0, 0.1) is 11.3 Å². The van der Waals surface area contributed by atoms with E-state index in [2.05, 4.69) is 5.10 Å². The second-order valence-corrected chi connectivity index (χ2v) is 7.38. The Labute approximate surface area is 196 Å². The van der Waals surface area contributed by atoms with E-state index in [9.17, 15) is 9.59 Å². The van der Waals surface area contributed by atoms with Crippen LogP contribution in [-0.2, 0) is 16.1 Å². The summed E-state index contributed by atoms with van der Waals surface area (Å²) in [6.07, 6.45) is 3.06. The standard InChI is InChI=1S/C24H23ClN4O4/c1-2-32-21-10-8-20(9-11-21)29(13-5-12-26)23(30)17-33-24(31)19-14-27-28(16-19)15-18-6-3-4-7-22(18)25/h3-4,6-11,14,16H,2,5,13,15,17H2,1H3. The molecule has 0 atom stereocenters. The molecule has 3 rings (SSSR count). The molecule has 9 heteroatoms. The second-order valence-electron chi connectivity index (χ2n) is 6.97. The first-order valence-corrected chi connectivity index (χ1v) is 10.7. The normalized spacial score (nSPS) is 10.3. The highest BCUT2D eigenvalue weighted by Gasteiger charge is 2.19. The van der Waals surface area contributed by atoms with Crippen LogP contribution >= 0.6 is 11.6 Å². The summed E-state index contributed by atoms with van der Waals surface area (Å²) in [6.45, 7) is 2.52. The van der Waals surface area contributed by atoms with Crippen LogP contribution in [0.3, 0.4) is 0 Å². The van der Waals surface area contributed by atoms with Crippen LogP contribution in [0.15, 0.2) is 60.9 Å². The van der Waals surface area contributed by atoms with Crippen LogP contribution in [0.1, 0.15) is 29.3 Å². The molecular weight excluding hydrogens is 444 g/mol. The van der Waals surface area contributed by atoms with Gasteiger partial charge in [0.05, 0.1) is 37.4 Å². The summed E-state index contributed by atoms with van der Waals surface area (Å²) in [6, 6.07) is 16.3. The van der Waals surface area contributed by atoms with Gasteiger partial charge in [0.2, 0.25) is 0 Å². The van der Waals surface area contributed by atoms with E-state index in [4.69, 9.17) is 26.3 Å². The summed E-state index contributed by atoms with van der Waals surface area (Å²) in [5, 5.41) is 13.7. The molecule has 2 aromatic carbocycles. The van der Waals surface area contributed by atoms with Gasteiger partial charge in [-0.3, -0.25) is 9.48 Å². The lowest BCUT2D eigenvalue weighted by molar-refractivity contribution is -0.121. The molecule has 8 nitrogen and oxygen atoms in total. The fourth-order valence-electron chi connectivity index (χ4n) is 3.09. The Morgan fingerprint density at radius 2 is 1.94 bits per heavy atom. The molecule has 0 aliphatic heterocycles. The van der Waals surface area contributed by atoms with Crippen molar-refractivity contribution in [2.75, 3.05) is 24.7 Å². The number of hydrogen-bond donors (Lipinski definition) is 0. The molecule has 1 aromatic heterocycles. The lowest BCUT2D eigenvalue weighted by Gasteiger charge is -2.22. The number of esters is 1. The van der Waals surface area contributed by atoms with Crippen LogP contribution in [-0.4, -0.2) is 41.4 Å². The van der Waals surface area contributed by atoms with E-state index in [0.717, 1.165) is 5.56 Å². The summed E-state index contributed by atoms with van der Waals surface area (Å²) in [5.74, 6) is -0.430. The predicted octanol–water partition coefficient (Wildman–Crippen LogP) is 4.09. The molecule has 1 amide bonds. The Morgan fingerprint density at radius 3 is 2.64 bits per heavy atom. The maximum absolute atomic E-state index is 12.8. The molecule has 0 spiro atoms. The third-order valence-electron chi connectivity index (χ3n) is 4.69. The monoisotopic (exact) mass is 466 g/mol. The molecule has 0 aliphatic carbocycles. The van der Waals surface area contributed by atoms with Crippen LogP contribution in [0.5, 0.6) is 5.75 Å². The van der Waals surface area contributed by atoms with Crippen LogP contribution in [0.25, 0.3) is 0 Å². The van der Waals surface area contributed by atoms with E-state index in [1.807, 2.05) is 31.2 Å². The van der Waals surface area contributed by atoms with Crippen molar-refractivity contribution in [1.82, 2.24) is 9.78 Å². The third-order valence-corrected chi connectivity index (χ3v) is 5.06. The average molecular weight is 467 g/mol. The first kappa shape index (κ1) is 23.8. The van der Waals surface area contributed by atoms with Crippen molar-refractivity contribution < 1.29 is 19.1 Å². The lowest BCUT2D eigenvalue weighted by atomic mass is 10.2. The van der Waals surface area contributed by atoms with Gasteiger partial charge in [-0.05, 0) is 42.8 Å². The molecule has 0 N–H and O–H groups in total. The number of nitrogens with zero attached hydrogens (tertiary/aromatic N) is 4. The highest BCUT2D eigenvalue weighted by molar-refractivity contribution is 6.31. The zero-order chi connectivity index (χ0) is 23.6. The zero-order valence-corrected chi connectivity index (χ0v) is 18.9. The highest BCUT2D eigenvalue weighted by Crippen LogP contribution is 2.20. The molecule has 0 saturated heterocycles. The molecule has 3 aromatic rings. The van der Waals surface area contributed by atoms with Gasteiger partial charge in [-0.25, -0.2) is 4.79 Å². The molecule has 0 saturated carbocycles. The Morgan fingerprint density at radius 1 is 1.18 bits per heavy atom. The average Bonchev–Trinajstić information content (AvgIpc) is 3.29. The number of halogens is 1. The van der Waals surface area contributed by atoms with Crippen molar-refractivity contribution >= 4 is 29.2 Å². The SMILES string of the molecule is CCOc1ccc(N(CCC#N)C(=O)COC(=O)c2cnn(Cc3ccccc3Cl)c2)cc1. The van der Waals surface area contributed by atoms with Gasteiger partial charge in [0, 0.05) is 23.5 Å². The zero-order valence-electron chi connectivity index (χ0n) is 18.1. The number of benzene rings is 2. The molecule has 0 fully saturated rings. The largest absolute Gasteiger partial charge is 0.494 e. The van der Waals surface area contributed by atoms with E-state index in [-0.39, 0.29) is 18.5 Å². The van der Waals surface area contributed by atoms with Crippen molar-refractivity contribution in [3.05, 3.63) is 77.1 Å². The van der Waals surface area contributed by atoms with E-state index < -0.39 is 18.5 Å². The summed E-state index contributed by atoms with van der Waals surface area (Å²) in [5.41, 5.74) is 1.67. The smallest absolute Gasteiger partial charge is 0.341 e. The lowest BCUT2D eigenvalue weighted by Crippen LogP contribution is -2.35. The summed E-state index contributed by atoms with van der Waals surface area (Å²) < 4.78 is 12.2. The summed E-state index contributed by atoms with van der Waals surface area (Å²) in [7, 11) is 0. The Balaban J connectivity index is 1.61. The minimum Gasteiger partial charge on any atom is -0.494 e. The Hall–Kier alpha value is -3.83. The van der Waals surface area contributed by atoms with Crippen LogP contribution in [0.4, 0.5) is 5.69 Å². The number of nitriles is 1. The second kappa shape index (κ2) is 11.7. The molecule has 0 unspecified atom stereocenters. The van der Waals surface area contributed by atoms with Gasteiger partial charge in [0.15, 0.2) is 6.61 Å². The van der Waals surface area contributed by atoms with E-state index >= 15 is 0 Å². The number of aromatic nitrogens is 2. The van der Waals surface area contributed by atoms with Gasteiger partial charge < -0.3 is 14.4 Å². The first-order valence-electron chi connectivity index (χ1n) is 10.3. The number of carbonyl (C=O) groups excluding carboxylic acids is 2. The predicted molar refractivity (Wildman–Crippen MR) is 123 cm³/mol. The van der Waals surface area contributed by atoms with Crippen molar-refractivity contribution in [2.24, 2.45) is 0 Å². The van der Waals surface area contributed by atoms with Gasteiger partial charge in [-0.2, -0.15) is 10.4 Å². The fourth-order valence-corrected chi connectivity index (χ4v) is 3.29. The van der Waals surface area contributed by atoms with Gasteiger partial charge in [0.25, 0.3) is 5.91 Å². The highest BCUT2D eigenvalue weighted by atomic mass is 35.5. The van der Waals surface area contributed by atoms with Gasteiger partial charge in [-0.15, -0.1) is 0 Å². The molecule has 170 valence electrons. The minimum absolute atomic E-state index is 0.141. The molecule has 33 heavy (non-hydrogen) atoms. The number of ether oxygens (including phenoxy) is 2. The van der Waals surface area contributed by atoms with Gasteiger partial charge in [0.1, 0.15) is 5.75 Å². The van der Waals surface area contributed by atoms with E-state index in [1.165, 1.54) is 17.3 Å². The van der Waals surface area contributed by atoms with Crippen LogP contribution < -0.4 is 9.64 Å². The van der Waals surface area contributed by atoms with Crippen LogP contribution in [0.2, 0.25) is 5.02 Å². The maximum Gasteiger partial charge on any atom is 0.341 e. The van der Waals surface area contributed by atoms with Crippen molar-refractivity contribution in [3.8, 4) is 11.8 Å². The maximum atomic E-state index is 12.8. The number of hydrogen-bond acceptors (Lipinski definition) is 6. The summed E-state index contributed by atoms with van der Waals surface area (Å²) in [4.78, 5) is 26.6. The molecule has 0 aliphatic rings. The number of carbonyl (C=O) groups is 2. The van der Waals surface area contributed by atoms with Gasteiger partial charge in [-0.1, -0.05) is 29.8 Å². The summed E-state index contributed by atoms with van der Waals surface area (Å²) >= 11 is 6.17. The fraction of sp³-hybridized carbons (Fsp3) is 0.250. The number of amides is 1. The number of rotatable bonds is 10. The quantitative estimate of drug-likeness (QED) is 0.417. The van der Waals surface area contributed by atoms with E-state index in [0.29, 0.717) is 29.6 Å². The van der Waals surface area contributed by atoms with Crippen molar-refractivity contribution in [2.45, 2.75) is 19.9 Å². The van der Waals surface area contributed by atoms with Gasteiger partial charge >= 0.3 is 5.97 Å². The Bertz CT molecular complexity index is 1140. The first-order chi connectivity index (χ1) is 16.0. The number of anilines is 1. The molecule has 0 bridgehead atoms. The van der Waals surface area contributed by atoms with E-state index in [1.54, 1.807) is 35.0 Å². The minimum atomic E-state index is -0.666.